The fourth-order valence-electron chi connectivity index (χ4n) is 2.36. The molecular weight excluding hydrogens is 246 g/mol. The molecule has 0 bridgehead atoms. The van der Waals surface area contributed by atoms with Crippen molar-refractivity contribution < 1.29 is 4.74 Å². The van der Waals surface area contributed by atoms with Crippen molar-refractivity contribution in [2.75, 3.05) is 6.61 Å². The van der Waals surface area contributed by atoms with E-state index in [1.807, 2.05) is 0 Å². The molecule has 1 aromatic heterocycles. The van der Waals surface area contributed by atoms with Gasteiger partial charge in [-0.2, -0.15) is 0 Å². The number of aryl methyl sites for hydroxylation is 2. The highest BCUT2D eigenvalue weighted by Crippen LogP contribution is 2.24. The predicted octanol–water partition coefficient (Wildman–Crippen LogP) is 4.48. The molecule has 1 aromatic carbocycles. The highest BCUT2D eigenvalue weighted by atomic mass is 16.5. The largest absolute Gasteiger partial charge is 0.492 e. The normalized spacial score (nSPS) is 11.7. The van der Waals surface area contributed by atoms with Crippen LogP contribution in [-0.2, 0) is 12.0 Å². The second kappa shape index (κ2) is 5.74. The van der Waals surface area contributed by atoms with E-state index in [-0.39, 0.29) is 5.41 Å². The van der Waals surface area contributed by atoms with Gasteiger partial charge in [0.2, 0.25) is 0 Å². The van der Waals surface area contributed by atoms with Gasteiger partial charge in [-0.25, -0.2) is 0 Å². The third-order valence-corrected chi connectivity index (χ3v) is 3.72. The maximum Gasteiger partial charge on any atom is 0.119 e. The molecule has 0 N–H and O–H groups in total. The second-order valence-electron chi connectivity index (χ2n) is 6.39. The lowest BCUT2D eigenvalue weighted by Gasteiger charge is -2.19. The van der Waals surface area contributed by atoms with Gasteiger partial charge in [0.15, 0.2) is 0 Å². The lowest BCUT2D eigenvalue weighted by Crippen LogP contribution is -2.12. The Balaban J connectivity index is 1.92. The van der Waals surface area contributed by atoms with Crippen molar-refractivity contribution in [3.8, 4) is 5.75 Å². The maximum atomic E-state index is 5.84. The molecule has 2 rings (SSSR count). The van der Waals surface area contributed by atoms with Crippen LogP contribution >= 0.6 is 0 Å². The Hall–Kier alpha value is -1.70. The molecule has 0 saturated carbocycles. The first kappa shape index (κ1) is 14.7. The zero-order chi connectivity index (χ0) is 14.8. The monoisotopic (exact) mass is 271 g/mol. The molecule has 0 aliphatic carbocycles. The molecule has 0 spiro atoms. The highest BCUT2D eigenvalue weighted by Gasteiger charge is 2.12. The average Bonchev–Trinajstić information content (AvgIpc) is 2.70. The van der Waals surface area contributed by atoms with Crippen LogP contribution in [0, 0.1) is 13.8 Å². The first-order valence-corrected chi connectivity index (χ1v) is 7.24. The lowest BCUT2D eigenvalue weighted by atomic mass is 9.87. The molecule has 0 aliphatic heterocycles. The molecule has 0 saturated heterocycles. The van der Waals surface area contributed by atoms with Crippen LogP contribution in [-0.4, -0.2) is 11.2 Å². The van der Waals surface area contributed by atoms with Crippen molar-refractivity contribution in [3.05, 3.63) is 53.3 Å². The quantitative estimate of drug-likeness (QED) is 0.799. The number of ether oxygens (including phenoxy) is 1. The summed E-state index contributed by atoms with van der Waals surface area (Å²) < 4.78 is 8.12. The van der Waals surface area contributed by atoms with E-state index in [9.17, 15) is 0 Å². The molecule has 2 aromatic rings. The number of rotatable bonds is 4. The van der Waals surface area contributed by atoms with Crippen molar-refractivity contribution in [1.29, 1.82) is 0 Å². The maximum absolute atomic E-state index is 5.84. The number of benzene rings is 1. The van der Waals surface area contributed by atoms with E-state index >= 15 is 0 Å². The van der Waals surface area contributed by atoms with E-state index < -0.39 is 0 Å². The Bertz CT molecular complexity index is 539. The molecular formula is C18H25NO. The van der Waals surface area contributed by atoms with Crippen LogP contribution in [0.2, 0.25) is 0 Å². The molecule has 108 valence electrons. The van der Waals surface area contributed by atoms with Crippen LogP contribution < -0.4 is 4.74 Å². The molecule has 0 atom stereocenters. The number of hydrogen-bond acceptors (Lipinski definition) is 1. The molecule has 0 unspecified atom stereocenters. The average molecular weight is 271 g/mol. The number of nitrogens with zero attached hydrogens (tertiary/aromatic N) is 1. The van der Waals surface area contributed by atoms with Crippen molar-refractivity contribution in [2.45, 2.75) is 46.6 Å². The summed E-state index contributed by atoms with van der Waals surface area (Å²) in [7, 11) is 0. The highest BCUT2D eigenvalue weighted by molar-refractivity contribution is 5.31. The zero-order valence-electron chi connectivity index (χ0n) is 13.2. The molecule has 2 heteroatoms. The van der Waals surface area contributed by atoms with E-state index in [1.165, 1.54) is 17.0 Å². The molecule has 20 heavy (non-hydrogen) atoms. The van der Waals surface area contributed by atoms with E-state index in [0.29, 0.717) is 6.61 Å². The van der Waals surface area contributed by atoms with Gasteiger partial charge in [-0.3, -0.25) is 0 Å². The topological polar surface area (TPSA) is 14.2 Å². The minimum Gasteiger partial charge on any atom is -0.492 e. The first-order valence-electron chi connectivity index (χ1n) is 7.24. The minimum absolute atomic E-state index is 0.192. The first-order chi connectivity index (χ1) is 9.38. The van der Waals surface area contributed by atoms with Gasteiger partial charge in [0.1, 0.15) is 12.4 Å². The number of aromatic nitrogens is 1. The summed E-state index contributed by atoms with van der Waals surface area (Å²) in [6.45, 7) is 12.5. The minimum atomic E-state index is 0.192. The molecule has 1 heterocycles. The third kappa shape index (κ3) is 3.44. The van der Waals surface area contributed by atoms with E-state index in [2.05, 4.69) is 75.6 Å². The van der Waals surface area contributed by atoms with Crippen molar-refractivity contribution in [3.63, 3.8) is 0 Å². The van der Waals surface area contributed by atoms with Gasteiger partial charge in [0, 0.05) is 11.4 Å². The fraction of sp³-hybridized carbons (Fsp3) is 0.444. The smallest absolute Gasteiger partial charge is 0.119 e. The number of hydrogen-bond donors (Lipinski definition) is 0. The summed E-state index contributed by atoms with van der Waals surface area (Å²) >= 11 is 0. The van der Waals surface area contributed by atoms with E-state index in [1.54, 1.807) is 0 Å². The summed E-state index contributed by atoms with van der Waals surface area (Å²) in [5.41, 5.74) is 4.10. The second-order valence-corrected chi connectivity index (χ2v) is 6.39. The van der Waals surface area contributed by atoms with Crippen molar-refractivity contribution in [1.82, 2.24) is 4.57 Å². The van der Waals surface area contributed by atoms with Crippen molar-refractivity contribution in [2.24, 2.45) is 0 Å². The zero-order valence-corrected chi connectivity index (χ0v) is 13.2. The molecule has 0 radical (unpaired) electrons. The van der Waals surface area contributed by atoms with Gasteiger partial charge in [-0.15, -0.1) is 0 Å². The summed E-state index contributed by atoms with van der Waals surface area (Å²) in [6.07, 6.45) is 0. The van der Waals surface area contributed by atoms with Crippen LogP contribution in [0.5, 0.6) is 5.75 Å². The molecule has 2 nitrogen and oxygen atoms in total. The Labute approximate surface area is 122 Å². The van der Waals surface area contributed by atoms with Crippen LogP contribution in [0.3, 0.4) is 0 Å². The lowest BCUT2D eigenvalue weighted by molar-refractivity contribution is 0.296. The predicted molar refractivity (Wildman–Crippen MR) is 84.5 cm³/mol. The summed E-state index contributed by atoms with van der Waals surface area (Å²) in [5.74, 6) is 0.945. The van der Waals surface area contributed by atoms with Crippen LogP contribution in [0.25, 0.3) is 0 Å². The van der Waals surface area contributed by atoms with E-state index in [0.717, 1.165) is 12.3 Å². The summed E-state index contributed by atoms with van der Waals surface area (Å²) in [4.78, 5) is 0. The van der Waals surface area contributed by atoms with Gasteiger partial charge in [0.05, 0.1) is 6.54 Å². The fourth-order valence-corrected chi connectivity index (χ4v) is 2.36. The van der Waals surface area contributed by atoms with Gasteiger partial charge in [0.25, 0.3) is 0 Å². The van der Waals surface area contributed by atoms with Crippen LogP contribution in [0.15, 0.2) is 36.4 Å². The van der Waals surface area contributed by atoms with Gasteiger partial charge < -0.3 is 9.30 Å². The van der Waals surface area contributed by atoms with Crippen LogP contribution in [0.4, 0.5) is 0 Å². The van der Waals surface area contributed by atoms with Crippen LogP contribution in [0.1, 0.15) is 37.7 Å². The molecule has 0 aliphatic rings. The SMILES string of the molecule is Cc1ccc(C)n1CCOc1ccc(C(C)(C)C)cc1. The Morgan fingerprint density at radius 2 is 1.45 bits per heavy atom. The Morgan fingerprint density at radius 1 is 0.900 bits per heavy atom. The standard InChI is InChI=1S/C18H25NO/c1-14-6-7-15(2)19(14)12-13-20-17-10-8-16(9-11-17)18(3,4)5/h6-11H,12-13H2,1-5H3. The Morgan fingerprint density at radius 3 is 1.95 bits per heavy atom. The molecule has 0 fully saturated rings. The van der Waals surface area contributed by atoms with Crippen molar-refractivity contribution >= 4 is 0 Å². The summed E-state index contributed by atoms with van der Waals surface area (Å²) in [6, 6.07) is 12.7. The Kier molecular flexibility index (Phi) is 4.22. The van der Waals surface area contributed by atoms with E-state index in [4.69, 9.17) is 4.74 Å². The van der Waals surface area contributed by atoms with Gasteiger partial charge in [-0.1, -0.05) is 32.9 Å². The van der Waals surface area contributed by atoms with Gasteiger partial charge in [-0.05, 0) is 49.1 Å². The third-order valence-electron chi connectivity index (χ3n) is 3.72. The summed E-state index contributed by atoms with van der Waals surface area (Å²) in [5, 5.41) is 0. The van der Waals surface area contributed by atoms with Gasteiger partial charge >= 0.3 is 0 Å². The molecule has 0 amide bonds.